The molecule has 0 saturated heterocycles. The Bertz CT molecular complexity index is 606. The largest absolute Gasteiger partial charge is 0.495 e. The Morgan fingerprint density at radius 3 is 2.53 bits per heavy atom. The first-order valence-electron chi connectivity index (χ1n) is 11.2. The minimum absolute atomic E-state index is 0.213. The highest BCUT2D eigenvalue weighted by atomic mass is 16.5. The zero-order valence-corrected chi connectivity index (χ0v) is 19.2. The number of hydrogen-bond acceptors (Lipinski definition) is 4. The summed E-state index contributed by atoms with van der Waals surface area (Å²) in [7, 11) is 3.43. The van der Waals surface area contributed by atoms with E-state index in [9.17, 15) is 9.59 Å². The van der Waals surface area contributed by atoms with Crippen LogP contribution in [-0.4, -0.2) is 44.2 Å². The molecule has 1 atom stereocenters. The van der Waals surface area contributed by atoms with E-state index in [4.69, 9.17) is 9.47 Å². The first-order chi connectivity index (χ1) is 14.5. The van der Waals surface area contributed by atoms with Crippen LogP contribution in [0.25, 0.3) is 0 Å². The topological polar surface area (TPSA) is 67.9 Å². The Morgan fingerprint density at radius 1 is 1.27 bits per heavy atom. The summed E-state index contributed by atoms with van der Waals surface area (Å²) in [5.74, 6) is 1.25. The van der Waals surface area contributed by atoms with Gasteiger partial charge in [0.2, 0.25) is 5.91 Å². The van der Waals surface area contributed by atoms with Crippen LogP contribution in [0.1, 0.15) is 65.2 Å². The summed E-state index contributed by atoms with van der Waals surface area (Å²) >= 11 is 0. The second-order valence-corrected chi connectivity index (χ2v) is 7.92. The molecule has 0 bridgehead atoms. The summed E-state index contributed by atoms with van der Waals surface area (Å²) in [6, 6.07) is 0. The molecule has 0 aromatic heterocycles. The van der Waals surface area contributed by atoms with Gasteiger partial charge in [0.05, 0.1) is 19.4 Å². The normalized spacial score (nSPS) is 16.5. The average molecular weight is 421 g/mol. The van der Waals surface area contributed by atoms with Crippen LogP contribution in [0, 0.1) is 11.8 Å². The minimum Gasteiger partial charge on any atom is -0.495 e. The van der Waals surface area contributed by atoms with Crippen LogP contribution in [0.5, 0.6) is 0 Å². The third-order valence-corrected chi connectivity index (χ3v) is 5.70. The third kappa shape index (κ3) is 9.06. The summed E-state index contributed by atoms with van der Waals surface area (Å²) in [5, 5.41) is 2.71. The lowest BCUT2D eigenvalue weighted by molar-refractivity contribution is -0.135. The van der Waals surface area contributed by atoms with Crippen molar-refractivity contribution in [2.24, 2.45) is 11.8 Å². The quantitative estimate of drug-likeness (QED) is 0.349. The number of nitrogens with zero attached hydrogens (tertiary/aromatic N) is 1. The van der Waals surface area contributed by atoms with Gasteiger partial charge in [-0.2, -0.15) is 0 Å². The fraction of sp³-hybridized carbons (Fsp3) is 0.667. The van der Waals surface area contributed by atoms with Crippen LogP contribution in [0.15, 0.2) is 36.3 Å². The summed E-state index contributed by atoms with van der Waals surface area (Å²) in [6.45, 7) is 8.73. The zero-order chi connectivity index (χ0) is 22.4. The Morgan fingerprint density at radius 2 is 1.97 bits per heavy atom. The second kappa shape index (κ2) is 14.7. The predicted molar refractivity (Wildman–Crippen MR) is 121 cm³/mol. The number of methoxy groups -OCH3 is 1. The molecule has 30 heavy (non-hydrogen) atoms. The molecule has 0 spiro atoms. The molecule has 1 saturated carbocycles. The molecule has 6 heteroatoms. The van der Waals surface area contributed by atoms with Crippen LogP contribution >= 0.6 is 0 Å². The van der Waals surface area contributed by atoms with Crippen molar-refractivity contribution in [3.63, 3.8) is 0 Å². The molecule has 170 valence electrons. The summed E-state index contributed by atoms with van der Waals surface area (Å²) in [5.41, 5.74) is 0.510. The van der Waals surface area contributed by atoms with E-state index in [2.05, 4.69) is 18.8 Å². The van der Waals surface area contributed by atoms with E-state index in [1.54, 1.807) is 12.2 Å². The van der Waals surface area contributed by atoms with Crippen LogP contribution in [0.4, 0.5) is 4.79 Å². The van der Waals surface area contributed by atoms with Gasteiger partial charge in [-0.15, -0.1) is 0 Å². The van der Waals surface area contributed by atoms with Crippen LogP contribution in [0.3, 0.4) is 0 Å². The van der Waals surface area contributed by atoms with Crippen molar-refractivity contribution in [1.82, 2.24) is 10.2 Å². The van der Waals surface area contributed by atoms with Gasteiger partial charge in [0.15, 0.2) is 0 Å². The number of allylic oxidation sites excluding steroid dienone is 3. The van der Waals surface area contributed by atoms with E-state index < -0.39 is 6.09 Å². The fourth-order valence-electron chi connectivity index (χ4n) is 3.79. The highest BCUT2D eigenvalue weighted by Gasteiger charge is 2.23. The lowest BCUT2D eigenvalue weighted by Crippen LogP contribution is -2.34. The predicted octanol–water partition coefficient (Wildman–Crippen LogP) is 5.18. The van der Waals surface area contributed by atoms with Gasteiger partial charge >= 0.3 is 6.09 Å². The van der Waals surface area contributed by atoms with E-state index in [1.165, 1.54) is 32.4 Å². The van der Waals surface area contributed by atoms with Crippen molar-refractivity contribution in [1.29, 1.82) is 0 Å². The highest BCUT2D eigenvalue weighted by molar-refractivity contribution is 5.78. The summed E-state index contributed by atoms with van der Waals surface area (Å²) in [6.07, 6.45) is 13.0. The van der Waals surface area contributed by atoms with Crippen molar-refractivity contribution in [3.8, 4) is 0 Å². The first-order valence-corrected chi connectivity index (χ1v) is 11.2. The van der Waals surface area contributed by atoms with Crippen molar-refractivity contribution < 1.29 is 19.1 Å². The summed E-state index contributed by atoms with van der Waals surface area (Å²) < 4.78 is 10.6. The van der Waals surface area contributed by atoms with Crippen molar-refractivity contribution in [3.05, 3.63) is 36.3 Å². The van der Waals surface area contributed by atoms with Crippen molar-refractivity contribution in [2.45, 2.75) is 65.2 Å². The Kier molecular flexibility index (Phi) is 12.6. The Balaban J connectivity index is 2.41. The van der Waals surface area contributed by atoms with Gasteiger partial charge in [0, 0.05) is 19.5 Å². The fourth-order valence-corrected chi connectivity index (χ4v) is 3.79. The molecule has 1 rings (SSSR count). The third-order valence-electron chi connectivity index (χ3n) is 5.70. The van der Waals surface area contributed by atoms with E-state index in [-0.39, 0.29) is 17.7 Å². The van der Waals surface area contributed by atoms with Crippen LogP contribution < -0.4 is 5.32 Å². The molecular formula is C24H40N2O4. The van der Waals surface area contributed by atoms with E-state index in [0.29, 0.717) is 18.1 Å². The number of nitrogens with one attached hydrogen (secondary N) is 1. The standard InChI is InChI=1S/C24H40N2O4/c1-6-13-21(22(8-3)29-5)25-24(28)30-18-19(7-2)14-12-17-26(4)23(27)20-15-10-9-11-16-20/h6,8,13,19-20H,3,7,9-12,14-18H2,1-2,4-5H3,(H,25,28)/b13-6-,22-21-. The first kappa shape index (κ1) is 25.8. The van der Waals surface area contributed by atoms with Crippen molar-refractivity contribution in [2.75, 3.05) is 27.3 Å². The Labute approximate surface area is 182 Å². The number of carbonyl (C=O) groups excluding carboxylic acids is 2. The van der Waals surface area contributed by atoms with Crippen molar-refractivity contribution >= 4 is 12.0 Å². The monoisotopic (exact) mass is 420 g/mol. The smallest absolute Gasteiger partial charge is 0.411 e. The van der Waals surface area contributed by atoms with E-state index in [0.717, 1.165) is 38.6 Å². The van der Waals surface area contributed by atoms with E-state index >= 15 is 0 Å². The van der Waals surface area contributed by atoms with Gasteiger partial charge < -0.3 is 14.4 Å². The number of carbonyl (C=O) groups is 2. The molecular weight excluding hydrogens is 380 g/mol. The number of amides is 2. The molecule has 0 aliphatic heterocycles. The van der Waals surface area contributed by atoms with Gasteiger partial charge in [0.25, 0.3) is 0 Å². The maximum absolute atomic E-state index is 12.5. The van der Waals surface area contributed by atoms with Crippen LogP contribution in [0.2, 0.25) is 0 Å². The lowest BCUT2D eigenvalue weighted by Gasteiger charge is -2.27. The van der Waals surface area contributed by atoms with Gasteiger partial charge in [-0.3, -0.25) is 10.1 Å². The summed E-state index contributed by atoms with van der Waals surface area (Å²) in [4.78, 5) is 26.6. The molecule has 2 amide bonds. The molecule has 1 fully saturated rings. The maximum Gasteiger partial charge on any atom is 0.411 e. The molecule has 1 N–H and O–H groups in total. The van der Waals surface area contributed by atoms with Gasteiger partial charge in [0.1, 0.15) is 5.76 Å². The molecule has 0 heterocycles. The van der Waals surface area contributed by atoms with Gasteiger partial charge in [-0.1, -0.05) is 45.3 Å². The maximum atomic E-state index is 12.5. The number of ether oxygens (including phenoxy) is 2. The molecule has 0 aromatic carbocycles. The van der Waals surface area contributed by atoms with E-state index in [1.807, 2.05) is 18.9 Å². The van der Waals surface area contributed by atoms with Crippen LogP contribution in [-0.2, 0) is 14.3 Å². The van der Waals surface area contributed by atoms with Gasteiger partial charge in [-0.25, -0.2) is 4.79 Å². The molecule has 1 unspecified atom stereocenters. The van der Waals surface area contributed by atoms with Gasteiger partial charge in [-0.05, 0) is 50.7 Å². The average Bonchev–Trinajstić information content (AvgIpc) is 2.76. The minimum atomic E-state index is -0.512. The SMILES string of the molecule is C=C/C(OC)=C(\C=C/C)NC(=O)OCC(CC)CCCN(C)C(=O)C1CCCCC1. The zero-order valence-electron chi connectivity index (χ0n) is 19.2. The highest BCUT2D eigenvalue weighted by Crippen LogP contribution is 2.25. The number of alkyl carbamates (subject to hydrolysis) is 1. The molecule has 1 aliphatic rings. The molecule has 0 aromatic rings. The Hall–Kier alpha value is -2.24. The number of hydrogen-bond donors (Lipinski definition) is 1. The molecule has 1 aliphatic carbocycles. The molecule has 6 nitrogen and oxygen atoms in total. The number of rotatable bonds is 12. The second-order valence-electron chi connectivity index (χ2n) is 7.92. The lowest BCUT2D eigenvalue weighted by atomic mass is 9.88. The molecule has 0 radical (unpaired) electrons.